The summed E-state index contributed by atoms with van der Waals surface area (Å²) in [5.74, 6) is 0.971. The van der Waals surface area contributed by atoms with Crippen LogP contribution in [0.15, 0.2) is 53.6 Å². The SMILES string of the molecule is COCCN(CC(=O)N1N=C(c2ccc(OC)cc2OC)C[C@@H]1c1ccccc1)C(=O)CC(C)(C)C. The van der Waals surface area contributed by atoms with Crippen LogP contribution < -0.4 is 9.47 Å². The molecular formula is C28H37N3O5. The number of carbonyl (C=O) groups is 2. The largest absolute Gasteiger partial charge is 0.497 e. The average molecular weight is 496 g/mol. The van der Waals surface area contributed by atoms with E-state index in [2.05, 4.69) is 0 Å². The van der Waals surface area contributed by atoms with Crippen molar-refractivity contribution in [1.82, 2.24) is 9.91 Å². The first kappa shape index (κ1) is 27.2. The predicted octanol–water partition coefficient (Wildman–Crippen LogP) is 4.29. The van der Waals surface area contributed by atoms with Gasteiger partial charge < -0.3 is 19.1 Å². The zero-order valence-corrected chi connectivity index (χ0v) is 22.1. The monoisotopic (exact) mass is 495 g/mol. The number of amides is 2. The van der Waals surface area contributed by atoms with Crippen LogP contribution >= 0.6 is 0 Å². The van der Waals surface area contributed by atoms with Crippen molar-refractivity contribution in [3.8, 4) is 11.5 Å². The van der Waals surface area contributed by atoms with Crippen LogP contribution in [0.4, 0.5) is 0 Å². The highest BCUT2D eigenvalue weighted by molar-refractivity contribution is 6.05. The number of benzene rings is 2. The van der Waals surface area contributed by atoms with E-state index < -0.39 is 0 Å². The summed E-state index contributed by atoms with van der Waals surface area (Å²) in [4.78, 5) is 28.2. The smallest absolute Gasteiger partial charge is 0.262 e. The Bertz CT molecular complexity index is 1080. The molecule has 8 heteroatoms. The Morgan fingerprint density at radius 3 is 2.39 bits per heavy atom. The molecular weight excluding hydrogens is 458 g/mol. The van der Waals surface area contributed by atoms with E-state index >= 15 is 0 Å². The molecule has 0 saturated carbocycles. The van der Waals surface area contributed by atoms with Crippen molar-refractivity contribution in [3.63, 3.8) is 0 Å². The van der Waals surface area contributed by atoms with Crippen LogP contribution in [0.25, 0.3) is 0 Å². The second kappa shape index (κ2) is 12.0. The minimum absolute atomic E-state index is 0.0713. The van der Waals surface area contributed by atoms with Gasteiger partial charge in [0.05, 0.1) is 32.6 Å². The lowest BCUT2D eigenvalue weighted by atomic mass is 9.91. The molecule has 0 saturated heterocycles. The molecule has 0 aliphatic carbocycles. The van der Waals surface area contributed by atoms with Gasteiger partial charge >= 0.3 is 0 Å². The fraction of sp³-hybridized carbons (Fsp3) is 0.464. The third-order valence-corrected chi connectivity index (χ3v) is 6.00. The number of carbonyl (C=O) groups excluding carboxylic acids is 2. The van der Waals surface area contributed by atoms with E-state index in [0.717, 1.165) is 16.8 Å². The van der Waals surface area contributed by atoms with Gasteiger partial charge in [0.15, 0.2) is 0 Å². The molecule has 0 radical (unpaired) electrons. The van der Waals surface area contributed by atoms with Crippen LogP contribution in [-0.4, -0.2) is 68.5 Å². The van der Waals surface area contributed by atoms with Crippen LogP contribution in [0.3, 0.4) is 0 Å². The predicted molar refractivity (Wildman–Crippen MR) is 139 cm³/mol. The van der Waals surface area contributed by atoms with Crippen molar-refractivity contribution < 1.29 is 23.8 Å². The van der Waals surface area contributed by atoms with E-state index in [9.17, 15) is 9.59 Å². The molecule has 2 amide bonds. The molecule has 194 valence electrons. The zero-order chi connectivity index (χ0) is 26.3. The molecule has 0 aromatic heterocycles. The van der Waals surface area contributed by atoms with Crippen molar-refractivity contribution in [2.75, 3.05) is 41.0 Å². The minimum Gasteiger partial charge on any atom is -0.497 e. The van der Waals surface area contributed by atoms with Gasteiger partial charge in [-0.3, -0.25) is 9.59 Å². The van der Waals surface area contributed by atoms with E-state index in [1.54, 1.807) is 32.3 Å². The summed E-state index contributed by atoms with van der Waals surface area (Å²) in [5.41, 5.74) is 2.32. The number of hydrogen-bond donors (Lipinski definition) is 0. The van der Waals surface area contributed by atoms with Gasteiger partial charge in [-0.2, -0.15) is 5.10 Å². The van der Waals surface area contributed by atoms with Crippen LogP contribution in [0.5, 0.6) is 11.5 Å². The Balaban J connectivity index is 1.93. The maximum atomic E-state index is 13.6. The normalized spacial score (nSPS) is 15.4. The molecule has 0 N–H and O–H groups in total. The highest BCUT2D eigenvalue weighted by Crippen LogP contribution is 2.36. The molecule has 2 aromatic carbocycles. The summed E-state index contributed by atoms with van der Waals surface area (Å²) in [5, 5.41) is 6.27. The van der Waals surface area contributed by atoms with E-state index in [1.165, 1.54) is 5.01 Å². The van der Waals surface area contributed by atoms with Gasteiger partial charge in [0.2, 0.25) is 5.91 Å². The molecule has 2 aromatic rings. The van der Waals surface area contributed by atoms with Crippen molar-refractivity contribution >= 4 is 17.5 Å². The fourth-order valence-corrected chi connectivity index (χ4v) is 4.17. The number of methoxy groups -OCH3 is 3. The summed E-state index contributed by atoms with van der Waals surface area (Å²) < 4.78 is 16.1. The van der Waals surface area contributed by atoms with Crippen molar-refractivity contribution in [1.29, 1.82) is 0 Å². The highest BCUT2D eigenvalue weighted by Gasteiger charge is 2.35. The number of hydrogen-bond acceptors (Lipinski definition) is 6. The molecule has 0 fully saturated rings. The maximum absolute atomic E-state index is 13.6. The number of rotatable bonds is 10. The molecule has 3 rings (SSSR count). The molecule has 8 nitrogen and oxygen atoms in total. The summed E-state index contributed by atoms with van der Waals surface area (Å²) in [6.07, 6.45) is 0.857. The molecule has 0 spiro atoms. The summed E-state index contributed by atoms with van der Waals surface area (Å²) in [6.45, 7) is 6.63. The Labute approximate surface area is 213 Å². The van der Waals surface area contributed by atoms with Gasteiger partial charge in [0, 0.05) is 38.1 Å². The number of ether oxygens (including phenoxy) is 3. The van der Waals surface area contributed by atoms with Gasteiger partial charge in [-0.1, -0.05) is 51.1 Å². The lowest BCUT2D eigenvalue weighted by Crippen LogP contribution is -2.43. The zero-order valence-electron chi connectivity index (χ0n) is 22.1. The molecule has 0 bridgehead atoms. The van der Waals surface area contributed by atoms with E-state index in [0.29, 0.717) is 37.5 Å². The van der Waals surface area contributed by atoms with Crippen molar-refractivity contribution in [2.45, 2.75) is 39.7 Å². The van der Waals surface area contributed by atoms with Gasteiger partial charge in [-0.25, -0.2) is 5.01 Å². The average Bonchev–Trinajstić information content (AvgIpc) is 3.31. The van der Waals surface area contributed by atoms with E-state index in [4.69, 9.17) is 19.3 Å². The van der Waals surface area contributed by atoms with Crippen LogP contribution in [0, 0.1) is 5.41 Å². The number of nitrogens with zero attached hydrogens (tertiary/aromatic N) is 3. The Hall–Kier alpha value is -3.39. The molecule has 0 unspecified atom stereocenters. The van der Waals surface area contributed by atoms with Gasteiger partial charge in [0.1, 0.15) is 18.0 Å². The van der Waals surface area contributed by atoms with E-state index in [-0.39, 0.29) is 29.8 Å². The quantitative estimate of drug-likeness (QED) is 0.491. The van der Waals surface area contributed by atoms with E-state index in [1.807, 2.05) is 63.2 Å². The number of hydrazone groups is 1. The molecule has 1 aliphatic heterocycles. The van der Waals surface area contributed by atoms with Crippen LogP contribution in [0.2, 0.25) is 0 Å². The second-order valence-corrected chi connectivity index (χ2v) is 10.0. The Morgan fingerprint density at radius 1 is 1.06 bits per heavy atom. The van der Waals surface area contributed by atoms with Crippen molar-refractivity contribution in [3.05, 3.63) is 59.7 Å². The fourth-order valence-electron chi connectivity index (χ4n) is 4.17. The topological polar surface area (TPSA) is 80.7 Å². The second-order valence-electron chi connectivity index (χ2n) is 10.0. The third-order valence-electron chi connectivity index (χ3n) is 6.00. The Morgan fingerprint density at radius 2 is 1.78 bits per heavy atom. The Kier molecular flexibility index (Phi) is 9.09. The first-order chi connectivity index (χ1) is 17.2. The standard InChI is InChI=1S/C28H37N3O5/c1-28(2,3)18-26(32)30(14-15-34-4)19-27(33)31-24(20-10-8-7-9-11-20)17-23(29-31)22-13-12-21(35-5)16-25(22)36-6/h7-13,16,24H,14-15,17-19H2,1-6H3/t24-/m1/s1. The maximum Gasteiger partial charge on any atom is 0.262 e. The van der Waals surface area contributed by atoms with Crippen LogP contribution in [0.1, 0.15) is 50.8 Å². The summed E-state index contributed by atoms with van der Waals surface area (Å²) in [7, 11) is 4.78. The van der Waals surface area contributed by atoms with Gasteiger partial charge in [0.25, 0.3) is 5.91 Å². The molecule has 1 heterocycles. The summed E-state index contributed by atoms with van der Waals surface area (Å²) in [6, 6.07) is 15.1. The first-order valence-electron chi connectivity index (χ1n) is 12.1. The molecule has 1 aliphatic rings. The lowest BCUT2D eigenvalue weighted by Gasteiger charge is -2.29. The van der Waals surface area contributed by atoms with Gasteiger partial charge in [-0.05, 0) is 23.1 Å². The first-order valence-corrected chi connectivity index (χ1v) is 12.1. The lowest BCUT2D eigenvalue weighted by molar-refractivity contribution is -0.143. The minimum atomic E-state index is -0.289. The molecule has 1 atom stereocenters. The third kappa shape index (κ3) is 6.85. The highest BCUT2D eigenvalue weighted by atomic mass is 16.5. The van der Waals surface area contributed by atoms with Crippen LogP contribution in [-0.2, 0) is 14.3 Å². The van der Waals surface area contributed by atoms with Crippen molar-refractivity contribution in [2.24, 2.45) is 10.5 Å². The molecule has 36 heavy (non-hydrogen) atoms. The summed E-state index contributed by atoms with van der Waals surface area (Å²) >= 11 is 0. The van der Waals surface area contributed by atoms with Gasteiger partial charge in [-0.15, -0.1) is 0 Å².